The highest BCUT2D eigenvalue weighted by molar-refractivity contribution is 7.99. The molecule has 0 bridgehead atoms. The number of hydrogen-bond acceptors (Lipinski definition) is 4. The summed E-state index contributed by atoms with van der Waals surface area (Å²) in [6.07, 6.45) is -0.548. The van der Waals surface area contributed by atoms with Crippen molar-refractivity contribution in [2.24, 2.45) is 0 Å². The molecule has 2 aromatic carbocycles. The van der Waals surface area contributed by atoms with Crippen LogP contribution in [0.25, 0.3) is 0 Å². The van der Waals surface area contributed by atoms with E-state index in [1.807, 2.05) is 54.6 Å². The summed E-state index contributed by atoms with van der Waals surface area (Å²) in [5.74, 6) is -1.00. The van der Waals surface area contributed by atoms with Crippen molar-refractivity contribution in [1.29, 1.82) is 0 Å². The van der Waals surface area contributed by atoms with Gasteiger partial charge in [0, 0.05) is 22.9 Å². The van der Waals surface area contributed by atoms with Crippen LogP contribution in [-0.2, 0) is 9.53 Å². The van der Waals surface area contributed by atoms with E-state index in [1.54, 1.807) is 16.7 Å². The maximum Gasteiger partial charge on any atom is 0.306 e. The van der Waals surface area contributed by atoms with Gasteiger partial charge in [-0.2, -0.15) is 0 Å². The van der Waals surface area contributed by atoms with Crippen molar-refractivity contribution in [2.45, 2.75) is 22.3 Å². The number of carboxylic acids is 1. The van der Waals surface area contributed by atoms with E-state index in [1.165, 1.54) is 0 Å². The van der Waals surface area contributed by atoms with E-state index in [4.69, 9.17) is 9.84 Å². The highest BCUT2D eigenvalue weighted by Crippen LogP contribution is 2.31. The molecule has 130 valence electrons. The van der Waals surface area contributed by atoms with Gasteiger partial charge in [-0.3, -0.25) is 9.59 Å². The molecular formula is C19H19NO4S. The zero-order chi connectivity index (χ0) is 17.6. The molecule has 1 unspecified atom stereocenters. The average Bonchev–Trinajstić information content (AvgIpc) is 2.62. The van der Waals surface area contributed by atoms with Crippen molar-refractivity contribution in [2.75, 3.05) is 19.7 Å². The SMILES string of the molecule is O=C(O)CC1CN(C(=O)c2ccccc2Sc2ccccc2)CCO1. The molecule has 0 radical (unpaired) electrons. The molecule has 1 fully saturated rings. The smallest absolute Gasteiger partial charge is 0.306 e. The number of carbonyl (C=O) groups excluding carboxylic acids is 1. The van der Waals surface area contributed by atoms with Crippen LogP contribution in [0.1, 0.15) is 16.8 Å². The van der Waals surface area contributed by atoms with Crippen LogP contribution in [-0.4, -0.2) is 47.7 Å². The molecule has 1 aliphatic heterocycles. The lowest BCUT2D eigenvalue weighted by atomic mass is 10.1. The molecule has 5 nitrogen and oxygen atoms in total. The van der Waals surface area contributed by atoms with Crippen LogP contribution in [0.2, 0.25) is 0 Å². The van der Waals surface area contributed by atoms with E-state index in [0.717, 1.165) is 9.79 Å². The molecule has 1 saturated heterocycles. The van der Waals surface area contributed by atoms with Gasteiger partial charge in [0.15, 0.2) is 0 Å². The third-order valence-electron chi connectivity index (χ3n) is 3.92. The highest BCUT2D eigenvalue weighted by atomic mass is 32.2. The van der Waals surface area contributed by atoms with Gasteiger partial charge in [0.25, 0.3) is 5.91 Å². The maximum absolute atomic E-state index is 13.0. The number of hydrogen-bond donors (Lipinski definition) is 1. The Bertz CT molecular complexity index is 750. The van der Waals surface area contributed by atoms with E-state index >= 15 is 0 Å². The van der Waals surface area contributed by atoms with Crippen molar-refractivity contribution in [3.8, 4) is 0 Å². The standard InChI is InChI=1S/C19H19NO4S/c21-18(22)12-14-13-20(10-11-24-14)19(23)16-8-4-5-9-17(16)25-15-6-2-1-3-7-15/h1-9,14H,10-13H2,(H,21,22). The molecule has 1 amide bonds. The second kappa shape index (κ2) is 8.18. The van der Waals surface area contributed by atoms with Gasteiger partial charge in [-0.1, -0.05) is 42.1 Å². The van der Waals surface area contributed by atoms with Crippen LogP contribution in [0.5, 0.6) is 0 Å². The first-order chi connectivity index (χ1) is 12.1. The van der Waals surface area contributed by atoms with E-state index in [0.29, 0.717) is 25.3 Å². The van der Waals surface area contributed by atoms with Crippen molar-refractivity contribution >= 4 is 23.6 Å². The number of carbonyl (C=O) groups is 2. The zero-order valence-corrected chi connectivity index (χ0v) is 14.4. The Morgan fingerprint density at radius 2 is 1.84 bits per heavy atom. The monoisotopic (exact) mass is 357 g/mol. The van der Waals surface area contributed by atoms with Crippen molar-refractivity contribution in [3.05, 3.63) is 60.2 Å². The summed E-state index contributed by atoms with van der Waals surface area (Å²) >= 11 is 1.55. The summed E-state index contributed by atoms with van der Waals surface area (Å²) in [6.45, 7) is 1.13. The Labute approximate surface area is 150 Å². The van der Waals surface area contributed by atoms with E-state index in [9.17, 15) is 9.59 Å². The first-order valence-electron chi connectivity index (χ1n) is 8.08. The van der Waals surface area contributed by atoms with Crippen LogP contribution in [0.3, 0.4) is 0 Å². The topological polar surface area (TPSA) is 66.8 Å². The zero-order valence-electron chi connectivity index (χ0n) is 13.6. The van der Waals surface area contributed by atoms with Crippen LogP contribution >= 0.6 is 11.8 Å². The number of ether oxygens (including phenoxy) is 1. The number of amides is 1. The van der Waals surface area contributed by atoms with Crippen LogP contribution in [0.4, 0.5) is 0 Å². The largest absolute Gasteiger partial charge is 0.481 e. The van der Waals surface area contributed by atoms with Gasteiger partial charge in [-0.15, -0.1) is 0 Å². The molecule has 3 rings (SSSR count). The second-order valence-corrected chi connectivity index (χ2v) is 6.87. The fourth-order valence-electron chi connectivity index (χ4n) is 2.74. The van der Waals surface area contributed by atoms with Gasteiger partial charge in [0.2, 0.25) is 0 Å². The van der Waals surface area contributed by atoms with Crippen LogP contribution in [0, 0.1) is 0 Å². The molecular weight excluding hydrogens is 338 g/mol. The van der Waals surface area contributed by atoms with E-state index in [-0.39, 0.29) is 12.3 Å². The Morgan fingerprint density at radius 3 is 2.60 bits per heavy atom. The molecule has 0 aliphatic carbocycles. The first kappa shape index (κ1) is 17.5. The summed E-state index contributed by atoms with van der Waals surface area (Å²) in [7, 11) is 0. The van der Waals surface area contributed by atoms with Gasteiger partial charge < -0.3 is 14.7 Å². The van der Waals surface area contributed by atoms with Gasteiger partial charge in [-0.25, -0.2) is 0 Å². The first-order valence-corrected chi connectivity index (χ1v) is 8.90. The second-order valence-electron chi connectivity index (χ2n) is 5.75. The Kier molecular flexibility index (Phi) is 5.73. The Balaban J connectivity index is 1.77. The summed E-state index contributed by atoms with van der Waals surface area (Å²) in [6, 6.07) is 17.4. The number of rotatable bonds is 5. The summed E-state index contributed by atoms with van der Waals surface area (Å²) < 4.78 is 5.45. The lowest BCUT2D eigenvalue weighted by molar-refractivity contribution is -0.141. The highest BCUT2D eigenvalue weighted by Gasteiger charge is 2.27. The number of benzene rings is 2. The van der Waals surface area contributed by atoms with Crippen molar-refractivity contribution in [1.82, 2.24) is 4.90 Å². The van der Waals surface area contributed by atoms with Gasteiger partial charge in [0.1, 0.15) is 0 Å². The molecule has 2 aromatic rings. The van der Waals surface area contributed by atoms with E-state index in [2.05, 4.69) is 0 Å². The maximum atomic E-state index is 13.0. The fourth-order valence-corrected chi connectivity index (χ4v) is 3.70. The van der Waals surface area contributed by atoms with Gasteiger partial charge >= 0.3 is 5.97 Å². The molecule has 1 atom stereocenters. The number of nitrogens with zero attached hydrogens (tertiary/aromatic N) is 1. The quantitative estimate of drug-likeness (QED) is 0.890. The summed E-state index contributed by atoms with van der Waals surface area (Å²) in [4.78, 5) is 27.5. The molecule has 1 N–H and O–H groups in total. The molecule has 6 heteroatoms. The minimum Gasteiger partial charge on any atom is -0.481 e. The minimum absolute atomic E-state index is 0.0854. The molecule has 0 spiro atoms. The lowest BCUT2D eigenvalue weighted by Crippen LogP contribution is -2.46. The lowest BCUT2D eigenvalue weighted by Gasteiger charge is -2.32. The predicted octanol–water partition coefficient (Wildman–Crippen LogP) is 3.15. The fraction of sp³-hybridized carbons (Fsp3) is 0.263. The molecule has 1 heterocycles. The van der Waals surface area contributed by atoms with Crippen LogP contribution < -0.4 is 0 Å². The Hall–Kier alpha value is -2.31. The van der Waals surface area contributed by atoms with E-state index < -0.39 is 12.1 Å². The van der Waals surface area contributed by atoms with Crippen molar-refractivity contribution < 1.29 is 19.4 Å². The van der Waals surface area contributed by atoms with Crippen LogP contribution in [0.15, 0.2) is 64.4 Å². The number of morpholine rings is 1. The molecule has 0 saturated carbocycles. The molecule has 25 heavy (non-hydrogen) atoms. The third kappa shape index (κ3) is 4.61. The summed E-state index contributed by atoms with van der Waals surface area (Å²) in [5, 5.41) is 8.93. The minimum atomic E-state index is -0.917. The number of aliphatic carboxylic acids is 1. The number of carboxylic acid groups (broad SMARTS) is 1. The molecule has 0 aromatic heterocycles. The van der Waals surface area contributed by atoms with Gasteiger partial charge in [0.05, 0.1) is 24.7 Å². The summed E-state index contributed by atoms with van der Waals surface area (Å²) in [5.41, 5.74) is 0.632. The Morgan fingerprint density at radius 1 is 1.12 bits per heavy atom. The normalized spacial score (nSPS) is 17.3. The molecule has 1 aliphatic rings. The third-order valence-corrected chi connectivity index (χ3v) is 5.00. The predicted molar refractivity (Wildman–Crippen MR) is 94.9 cm³/mol. The van der Waals surface area contributed by atoms with Crippen molar-refractivity contribution in [3.63, 3.8) is 0 Å². The van der Waals surface area contributed by atoms with Gasteiger partial charge in [-0.05, 0) is 24.3 Å². The average molecular weight is 357 g/mol.